The minimum Gasteiger partial charge on any atom is -1.00 e. The van der Waals surface area contributed by atoms with Crippen LogP contribution in [0.3, 0.4) is 0 Å². The van der Waals surface area contributed by atoms with Crippen LogP contribution in [-0.2, 0) is 11.2 Å². The van der Waals surface area contributed by atoms with E-state index in [0.717, 1.165) is 18.4 Å². The van der Waals surface area contributed by atoms with E-state index in [2.05, 4.69) is 12.2 Å². The van der Waals surface area contributed by atoms with Gasteiger partial charge in [-0.2, -0.15) is 0 Å². The van der Waals surface area contributed by atoms with Crippen molar-refractivity contribution in [1.82, 2.24) is 5.32 Å². The minimum absolute atomic E-state index is 0. The summed E-state index contributed by atoms with van der Waals surface area (Å²) in [6.07, 6.45) is 1.93. The maximum absolute atomic E-state index is 10.7. The molecule has 5 nitrogen and oxygen atoms in total. The number of carbonyl (C=O) groups is 1. The number of carbonyl (C=O) groups excluding carboxylic acids is 1. The maximum Gasteiger partial charge on any atom is 0.216 e. The van der Waals surface area contributed by atoms with Crippen LogP contribution in [0, 0.1) is 0 Å². The second kappa shape index (κ2) is 9.31. The molecular formula is C14H22ClN2O3-. The van der Waals surface area contributed by atoms with Gasteiger partial charge in [0.1, 0.15) is 6.61 Å². The van der Waals surface area contributed by atoms with Crippen LogP contribution >= 0.6 is 0 Å². The molecule has 0 aliphatic rings. The molecule has 0 aromatic heterocycles. The summed E-state index contributed by atoms with van der Waals surface area (Å²) in [5, 5.41) is 2.66. The molecule has 0 saturated heterocycles. The van der Waals surface area contributed by atoms with E-state index in [1.807, 2.05) is 6.07 Å². The van der Waals surface area contributed by atoms with Gasteiger partial charge in [-0.15, -0.1) is 0 Å². The zero-order chi connectivity index (χ0) is 14.3. The Balaban J connectivity index is 0.00000361. The van der Waals surface area contributed by atoms with Crippen molar-refractivity contribution in [3.8, 4) is 11.5 Å². The van der Waals surface area contributed by atoms with E-state index in [0.29, 0.717) is 30.3 Å². The van der Waals surface area contributed by atoms with E-state index in [9.17, 15) is 4.79 Å². The predicted molar refractivity (Wildman–Crippen MR) is 75.6 cm³/mol. The van der Waals surface area contributed by atoms with Gasteiger partial charge in [0.25, 0.3) is 0 Å². The zero-order valence-electron chi connectivity index (χ0n) is 12.2. The molecule has 0 aliphatic heterocycles. The van der Waals surface area contributed by atoms with Crippen LogP contribution in [0.5, 0.6) is 11.5 Å². The summed E-state index contributed by atoms with van der Waals surface area (Å²) < 4.78 is 10.9. The quantitative estimate of drug-likeness (QED) is 0.487. The number of aryl methyl sites for hydroxylation is 1. The highest BCUT2D eigenvalue weighted by Gasteiger charge is 2.09. The fourth-order valence-electron chi connectivity index (χ4n) is 1.76. The fourth-order valence-corrected chi connectivity index (χ4v) is 1.76. The summed E-state index contributed by atoms with van der Waals surface area (Å²) in [7, 11) is 1.60. The van der Waals surface area contributed by atoms with Crippen LogP contribution in [0.4, 0.5) is 5.69 Å². The van der Waals surface area contributed by atoms with Crippen LogP contribution in [-0.4, -0.2) is 26.2 Å². The first kappa shape index (κ1) is 18.4. The number of ether oxygens (including phenoxy) is 2. The van der Waals surface area contributed by atoms with E-state index in [1.54, 1.807) is 13.2 Å². The van der Waals surface area contributed by atoms with Crippen molar-refractivity contribution in [3.05, 3.63) is 17.7 Å². The monoisotopic (exact) mass is 301 g/mol. The minimum atomic E-state index is -0.0756. The largest absolute Gasteiger partial charge is 1.00 e. The normalized spacial score (nSPS) is 9.55. The molecule has 1 rings (SSSR count). The number of nitrogen functional groups attached to an aromatic ring is 1. The molecule has 0 atom stereocenters. The Morgan fingerprint density at radius 2 is 2.05 bits per heavy atom. The maximum atomic E-state index is 10.7. The number of benzene rings is 1. The standard InChI is InChI=1S/C14H22N2O3.ClH/c1-4-5-11-8-13(18-3)14(9-12(11)15)19-7-6-16-10(2)17;/h8-9H,4-7,15H2,1-3H3,(H,16,17);1H/p-1. The number of methoxy groups -OCH3 is 1. The smallest absolute Gasteiger partial charge is 0.216 e. The van der Waals surface area contributed by atoms with Crippen molar-refractivity contribution in [2.75, 3.05) is 26.0 Å². The number of halogens is 1. The lowest BCUT2D eigenvalue weighted by atomic mass is 10.1. The van der Waals surface area contributed by atoms with E-state index in [-0.39, 0.29) is 18.3 Å². The van der Waals surface area contributed by atoms with Gasteiger partial charge in [0.15, 0.2) is 11.5 Å². The molecular weight excluding hydrogens is 280 g/mol. The molecule has 1 aromatic carbocycles. The first-order valence-corrected chi connectivity index (χ1v) is 6.42. The van der Waals surface area contributed by atoms with Crippen molar-refractivity contribution < 1.29 is 26.7 Å². The zero-order valence-corrected chi connectivity index (χ0v) is 12.9. The molecule has 0 spiro atoms. The lowest BCUT2D eigenvalue weighted by Gasteiger charge is -2.14. The van der Waals surface area contributed by atoms with Crippen molar-refractivity contribution in [1.29, 1.82) is 0 Å². The highest BCUT2D eigenvalue weighted by atomic mass is 35.5. The second-order valence-corrected chi connectivity index (χ2v) is 4.28. The van der Waals surface area contributed by atoms with Gasteiger partial charge in [-0.05, 0) is 18.1 Å². The molecule has 3 N–H and O–H groups in total. The van der Waals surface area contributed by atoms with E-state index >= 15 is 0 Å². The molecule has 0 fully saturated rings. The van der Waals surface area contributed by atoms with Gasteiger partial charge in [0, 0.05) is 18.7 Å². The summed E-state index contributed by atoms with van der Waals surface area (Å²) in [5.41, 5.74) is 7.75. The lowest BCUT2D eigenvalue weighted by Crippen LogP contribution is -3.00. The first-order chi connectivity index (χ1) is 9.08. The van der Waals surface area contributed by atoms with Crippen LogP contribution in [0.15, 0.2) is 12.1 Å². The molecule has 0 unspecified atom stereocenters. The highest BCUT2D eigenvalue weighted by molar-refractivity contribution is 5.72. The number of anilines is 1. The third-order valence-electron chi connectivity index (χ3n) is 2.68. The van der Waals surface area contributed by atoms with Crippen molar-refractivity contribution >= 4 is 11.6 Å². The van der Waals surface area contributed by atoms with Crippen LogP contribution in [0.1, 0.15) is 25.8 Å². The van der Waals surface area contributed by atoms with Crippen LogP contribution < -0.4 is 32.9 Å². The molecule has 114 valence electrons. The molecule has 0 bridgehead atoms. The number of hydrogen-bond acceptors (Lipinski definition) is 4. The average molecular weight is 302 g/mol. The Kier molecular flexibility index (Phi) is 8.56. The van der Waals surface area contributed by atoms with Gasteiger partial charge in [0.05, 0.1) is 13.7 Å². The van der Waals surface area contributed by atoms with E-state index < -0.39 is 0 Å². The van der Waals surface area contributed by atoms with Gasteiger partial charge in [-0.3, -0.25) is 4.79 Å². The highest BCUT2D eigenvalue weighted by Crippen LogP contribution is 2.32. The van der Waals surface area contributed by atoms with Gasteiger partial charge < -0.3 is 32.9 Å². The molecule has 1 amide bonds. The number of nitrogens with one attached hydrogen (secondary N) is 1. The van der Waals surface area contributed by atoms with E-state index in [1.165, 1.54) is 6.92 Å². The van der Waals surface area contributed by atoms with Gasteiger partial charge >= 0.3 is 0 Å². The van der Waals surface area contributed by atoms with Crippen molar-refractivity contribution in [2.45, 2.75) is 26.7 Å². The molecule has 6 heteroatoms. The number of hydrogen-bond donors (Lipinski definition) is 2. The van der Waals surface area contributed by atoms with Crippen LogP contribution in [0.25, 0.3) is 0 Å². The predicted octanol–water partition coefficient (Wildman–Crippen LogP) is -1.25. The summed E-state index contributed by atoms with van der Waals surface area (Å²) in [6, 6.07) is 3.68. The van der Waals surface area contributed by atoms with Crippen molar-refractivity contribution in [3.63, 3.8) is 0 Å². The second-order valence-electron chi connectivity index (χ2n) is 4.28. The molecule has 0 heterocycles. The Labute approximate surface area is 126 Å². The number of rotatable bonds is 7. The summed E-state index contributed by atoms with van der Waals surface area (Å²) in [5.74, 6) is 1.19. The van der Waals surface area contributed by atoms with Gasteiger partial charge in [-0.25, -0.2) is 0 Å². The van der Waals surface area contributed by atoms with Gasteiger partial charge in [-0.1, -0.05) is 13.3 Å². The molecule has 0 saturated carbocycles. The summed E-state index contributed by atoms with van der Waals surface area (Å²) >= 11 is 0. The number of nitrogens with two attached hydrogens (primary N) is 1. The molecule has 20 heavy (non-hydrogen) atoms. The molecule has 0 radical (unpaired) electrons. The molecule has 0 aliphatic carbocycles. The topological polar surface area (TPSA) is 73.6 Å². The Bertz CT molecular complexity index is 439. The van der Waals surface area contributed by atoms with Gasteiger partial charge in [0.2, 0.25) is 5.91 Å². The van der Waals surface area contributed by atoms with Crippen LogP contribution in [0.2, 0.25) is 0 Å². The van der Waals surface area contributed by atoms with E-state index in [4.69, 9.17) is 15.2 Å². The lowest BCUT2D eigenvalue weighted by molar-refractivity contribution is -0.119. The summed E-state index contributed by atoms with van der Waals surface area (Å²) in [4.78, 5) is 10.7. The van der Waals surface area contributed by atoms with Crippen molar-refractivity contribution in [2.24, 2.45) is 0 Å². The Morgan fingerprint density at radius 1 is 1.35 bits per heavy atom. The third kappa shape index (κ3) is 5.57. The first-order valence-electron chi connectivity index (χ1n) is 6.42. The Morgan fingerprint density at radius 3 is 2.60 bits per heavy atom. The SMILES string of the molecule is CCCc1cc(OC)c(OCCNC(C)=O)cc1N.[Cl-]. The molecule has 1 aromatic rings. The Hall–Kier alpha value is -1.62. The number of amides is 1. The third-order valence-corrected chi connectivity index (χ3v) is 2.68. The summed E-state index contributed by atoms with van der Waals surface area (Å²) in [6.45, 7) is 4.40. The average Bonchev–Trinajstić information content (AvgIpc) is 2.37. The fraction of sp³-hybridized carbons (Fsp3) is 0.500.